The van der Waals surface area contributed by atoms with Crippen LogP contribution >= 0.6 is 0 Å². The smallest absolute Gasteiger partial charge is 0.251 e. The number of aliphatic hydroxyl groups excluding tert-OH is 1. The molecule has 4 nitrogen and oxygen atoms in total. The summed E-state index contributed by atoms with van der Waals surface area (Å²) in [5, 5.41) is 11.9. The molecule has 0 aliphatic carbocycles. The summed E-state index contributed by atoms with van der Waals surface area (Å²) in [6.45, 7) is 6.83. The van der Waals surface area contributed by atoms with E-state index in [9.17, 15) is 4.79 Å². The van der Waals surface area contributed by atoms with Crippen LogP contribution in [-0.2, 0) is 9.53 Å². The molecule has 1 atom stereocenters. The van der Waals surface area contributed by atoms with Gasteiger partial charge in [-0.15, -0.1) is 0 Å². The van der Waals surface area contributed by atoms with Crippen molar-refractivity contribution in [1.82, 2.24) is 5.32 Å². The molecule has 1 heterocycles. The number of aliphatic hydroxyl groups is 1. The molecular weight excluding hydrogens is 194 g/mol. The fourth-order valence-corrected chi connectivity index (χ4v) is 1.52. The predicted molar refractivity (Wildman–Crippen MR) is 57.5 cm³/mol. The molecule has 1 fully saturated rings. The van der Waals surface area contributed by atoms with Crippen LogP contribution in [0.3, 0.4) is 0 Å². The summed E-state index contributed by atoms with van der Waals surface area (Å²) in [6, 6.07) is 0. The quantitative estimate of drug-likeness (QED) is 0.725. The third kappa shape index (κ3) is 3.18. The van der Waals surface area contributed by atoms with E-state index in [-0.39, 0.29) is 17.9 Å². The van der Waals surface area contributed by atoms with Crippen LogP contribution in [0.4, 0.5) is 0 Å². The van der Waals surface area contributed by atoms with Gasteiger partial charge in [0.2, 0.25) is 0 Å². The molecule has 1 saturated heterocycles. The number of amides is 1. The molecule has 1 rings (SSSR count). The molecule has 15 heavy (non-hydrogen) atoms. The van der Waals surface area contributed by atoms with Crippen LogP contribution in [0.1, 0.15) is 33.6 Å². The van der Waals surface area contributed by atoms with Gasteiger partial charge in [0.25, 0.3) is 5.91 Å². The average molecular weight is 215 g/mol. The highest BCUT2D eigenvalue weighted by Gasteiger charge is 2.38. The molecular formula is C11H21NO3. The van der Waals surface area contributed by atoms with E-state index in [4.69, 9.17) is 9.84 Å². The summed E-state index contributed by atoms with van der Waals surface area (Å²) < 4.78 is 5.43. The first-order valence-corrected chi connectivity index (χ1v) is 5.43. The molecule has 0 aromatic rings. The lowest BCUT2D eigenvalue weighted by atomic mass is 9.94. The maximum Gasteiger partial charge on any atom is 0.251 e. The Bertz CT molecular complexity index is 232. The molecule has 88 valence electrons. The van der Waals surface area contributed by atoms with Gasteiger partial charge in [-0.2, -0.15) is 0 Å². The van der Waals surface area contributed by atoms with Gasteiger partial charge >= 0.3 is 0 Å². The van der Waals surface area contributed by atoms with Crippen molar-refractivity contribution in [3.05, 3.63) is 0 Å². The van der Waals surface area contributed by atoms with Crippen molar-refractivity contribution in [3.63, 3.8) is 0 Å². The highest BCUT2D eigenvalue weighted by atomic mass is 16.5. The second kappa shape index (κ2) is 4.49. The Balaban J connectivity index is 2.42. The van der Waals surface area contributed by atoms with Gasteiger partial charge in [-0.25, -0.2) is 0 Å². The summed E-state index contributed by atoms with van der Waals surface area (Å²) >= 11 is 0. The lowest BCUT2D eigenvalue weighted by Gasteiger charge is -2.26. The van der Waals surface area contributed by atoms with Crippen molar-refractivity contribution in [1.29, 1.82) is 0 Å². The molecule has 0 bridgehead atoms. The van der Waals surface area contributed by atoms with E-state index >= 15 is 0 Å². The number of nitrogens with one attached hydrogen (secondary N) is 1. The Morgan fingerprint density at radius 3 is 2.73 bits per heavy atom. The minimum atomic E-state index is -0.661. The second-order valence-electron chi connectivity index (χ2n) is 5.19. The maximum atomic E-state index is 11.8. The lowest BCUT2D eigenvalue weighted by molar-refractivity contribution is -0.140. The standard InChI is InChI=1S/C11H21NO3/c1-10(2,8-13)7-12-9(14)11(3)5-4-6-15-11/h13H,4-8H2,1-3H3,(H,12,14). The minimum absolute atomic E-state index is 0.0604. The molecule has 0 aromatic carbocycles. The molecule has 0 radical (unpaired) electrons. The summed E-state index contributed by atoms with van der Waals surface area (Å²) in [7, 11) is 0. The van der Waals surface area contributed by atoms with E-state index < -0.39 is 5.60 Å². The summed E-state index contributed by atoms with van der Waals surface area (Å²) in [4.78, 5) is 11.8. The van der Waals surface area contributed by atoms with Crippen molar-refractivity contribution in [2.24, 2.45) is 5.41 Å². The SMILES string of the molecule is CC(C)(CO)CNC(=O)C1(C)CCCO1. The average Bonchev–Trinajstić information content (AvgIpc) is 2.63. The number of hydrogen-bond acceptors (Lipinski definition) is 3. The second-order valence-corrected chi connectivity index (χ2v) is 5.19. The van der Waals surface area contributed by atoms with Gasteiger partial charge in [0, 0.05) is 25.2 Å². The number of rotatable bonds is 4. The Morgan fingerprint density at radius 1 is 1.60 bits per heavy atom. The molecule has 1 aliphatic rings. The third-order valence-electron chi connectivity index (χ3n) is 2.85. The van der Waals surface area contributed by atoms with Crippen LogP contribution in [-0.4, -0.2) is 36.4 Å². The first-order valence-electron chi connectivity index (χ1n) is 5.43. The molecule has 0 spiro atoms. The third-order valence-corrected chi connectivity index (χ3v) is 2.85. The monoisotopic (exact) mass is 215 g/mol. The maximum absolute atomic E-state index is 11.8. The highest BCUT2D eigenvalue weighted by molar-refractivity contribution is 5.85. The molecule has 1 unspecified atom stereocenters. The van der Waals surface area contributed by atoms with Gasteiger partial charge in [0.05, 0.1) is 0 Å². The van der Waals surface area contributed by atoms with Gasteiger partial charge in [0.1, 0.15) is 5.60 Å². The van der Waals surface area contributed by atoms with Crippen LogP contribution in [0.5, 0.6) is 0 Å². The lowest BCUT2D eigenvalue weighted by Crippen LogP contribution is -2.47. The predicted octanol–water partition coefficient (Wildman–Crippen LogP) is 0.690. The van der Waals surface area contributed by atoms with Gasteiger partial charge in [-0.3, -0.25) is 4.79 Å². The molecule has 1 aliphatic heterocycles. The zero-order chi connectivity index (χ0) is 11.5. The molecule has 1 amide bonds. The topological polar surface area (TPSA) is 58.6 Å². The Labute approximate surface area is 91.0 Å². The van der Waals surface area contributed by atoms with E-state index in [0.29, 0.717) is 13.2 Å². The van der Waals surface area contributed by atoms with Crippen LogP contribution in [0.15, 0.2) is 0 Å². The summed E-state index contributed by atoms with van der Waals surface area (Å²) in [6.07, 6.45) is 1.71. The zero-order valence-corrected chi connectivity index (χ0v) is 9.80. The van der Waals surface area contributed by atoms with Crippen LogP contribution < -0.4 is 5.32 Å². The van der Waals surface area contributed by atoms with Gasteiger partial charge in [-0.05, 0) is 19.8 Å². The molecule has 0 saturated carbocycles. The Morgan fingerprint density at radius 2 is 2.27 bits per heavy atom. The molecule has 0 aromatic heterocycles. The molecule has 4 heteroatoms. The van der Waals surface area contributed by atoms with Crippen molar-refractivity contribution in [3.8, 4) is 0 Å². The number of carbonyl (C=O) groups excluding carboxylic acids is 1. The summed E-state index contributed by atoms with van der Waals surface area (Å²) in [5.74, 6) is -0.0680. The zero-order valence-electron chi connectivity index (χ0n) is 9.80. The first kappa shape index (κ1) is 12.5. The fourth-order valence-electron chi connectivity index (χ4n) is 1.52. The van der Waals surface area contributed by atoms with Crippen molar-refractivity contribution < 1.29 is 14.6 Å². The van der Waals surface area contributed by atoms with Crippen molar-refractivity contribution in [2.75, 3.05) is 19.8 Å². The van der Waals surface area contributed by atoms with E-state index in [2.05, 4.69) is 5.32 Å². The van der Waals surface area contributed by atoms with E-state index in [1.54, 1.807) is 0 Å². The van der Waals surface area contributed by atoms with Crippen LogP contribution in [0, 0.1) is 5.41 Å². The van der Waals surface area contributed by atoms with Crippen molar-refractivity contribution in [2.45, 2.75) is 39.2 Å². The van der Waals surface area contributed by atoms with E-state index in [1.165, 1.54) is 0 Å². The van der Waals surface area contributed by atoms with Gasteiger partial charge in [0.15, 0.2) is 0 Å². The minimum Gasteiger partial charge on any atom is -0.396 e. The van der Waals surface area contributed by atoms with E-state index in [1.807, 2.05) is 20.8 Å². The molecule has 2 N–H and O–H groups in total. The van der Waals surface area contributed by atoms with Gasteiger partial charge in [-0.1, -0.05) is 13.8 Å². The largest absolute Gasteiger partial charge is 0.396 e. The Hall–Kier alpha value is -0.610. The normalized spacial score (nSPS) is 26.7. The van der Waals surface area contributed by atoms with Crippen LogP contribution in [0.25, 0.3) is 0 Å². The van der Waals surface area contributed by atoms with Crippen molar-refractivity contribution >= 4 is 5.91 Å². The fraction of sp³-hybridized carbons (Fsp3) is 0.909. The number of hydrogen-bond donors (Lipinski definition) is 2. The Kier molecular flexibility index (Phi) is 3.73. The van der Waals surface area contributed by atoms with Gasteiger partial charge < -0.3 is 15.2 Å². The number of carbonyl (C=O) groups is 1. The summed E-state index contributed by atoms with van der Waals surface area (Å²) in [5.41, 5.74) is -0.934. The first-order chi connectivity index (χ1) is 6.90. The highest BCUT2D eigenvalue weighted by Crippen LogP contribution is 2.25. The van der Waals surface area contributed by atoms with E-state index in [0.717, 1.165) is 12.8 Å². The number of ether oxygens (including phenoxy) is 1. The van der Waals surface area contributed by atoms with Crippen LogP contribution in [0.2, 0.25) is 0 Å².